The molecule has 0 aliphatic carbocycles. The number of benzene rings is 1. The summed E-state index contributed by atoms with van der Waals surface area (Å²) >= 11 is 0. The summed E-state index contributed by atoms with van der Waals surface area (Å²) in [5.74, 6) is -1.70. The van der Waals surface area contributed by atoms with Gasteiger partial charge in [-0.3, -0.25) is 0 Å². The molecule has 0 amide bonds. The number of rotatable bonds is 3. The zero-order chi connectivity index (χ0) is 15.6. The average molecular weight is 295 g/mol. The summed E-state index contributed by atoms with van der Waals surface area (Å²) in [6, 6.07) is 7.86. The van der Waals surface area contributed by atoms with Gasteiger partial charge in [0.05, 0.1) is 5.56 Å². The van der Waals surface area contributed by atoms with Crippen LogP contribution in [-0.4, -0.2) is 16.1 Å². The smallest absolute Gasteiger partial charge is 0.418 e. The SMILES string of the molecule is CCc1cccc(-c2cnc(C(=O)O)c(C(F)(F)F)c2)c1. The van der Waals surface area contributed by atoms with Crippen molar-refractivity contribution in [3.63, 3.8) is 0 Å². The fourth-order valence-corrected chi connectivity index (χ4v) is 1.98. The van der Waals surface area contributed by atoms with Crippen LogP contribution in [0.15, 0.2) is 36.5 Å². The van der Waals surface area contributed by atoms with Crippen LogP contribution in [0.4, 0.5) is 13.2 Å². The van der Waals surface area contributed by atoms with E-state index < -0.39 is 23.4 Å². The third-order valence-corrected chi connectivity index (χ3v) is 3.06. The molecule has 1 aromatic heterocycles. The van der Waals surface area contributed by atoms with Crippen LogP contribution in [0.2, 0.25) is 0 Å². The van der Waals surface area contributed by atoms with E-state index in [1.807, 2.05) is 13.0 Å². The van der Waals surface area contributed by atoms with Crippen molar-refractivity contribution in [2.24, 2.45) is 0 Å². The van der Waals surface area contributed by atoms with Crippen molar-refractivity contribution in [1.29, 1.82) is 0 Å². The van der Waals surface area contributed by atoms with Gasteiger partial charge in [0.25, 0.3) is 0 Å². The lowest BCUT2D eigenvalue weighted by Crippen LogP contribution is -2.15. The third kappa shape index (κ3) is 3.21. The summed E-state index contributed by atoms with van der Waals surface area (Å²) < 4.78 is 38.8. The van der Waals surface area contributed by atoms with Crippen LogP contribution in [-0.2, 0) is 12.6 Å². The van der Waals surface area contributed by atoms with Crippen LogP contribution in [0.25, 0.3) is 11.1 Å². The molecule has 1 aromatic carbocycles. The molecule has 0 atom stereocenters. The maximum absolute atomic E-state index is 12.9. The summed E-state index contributed by atoms with van der Waals surface area (Å²) in [5.41, 5.74) is -0.442. The molecule has 6 heteroatoms. The topological polar surface area (TPSA) is 50.2 Å². The van der Waals surface area contributed by atoms with Crippen molar-refractivity contribution in [3.05, 3.63) is 53.3 Å². The Kier molecular flexibility index (Phi) is 3.97. The number of carboxylic acids is 1. The lowest BCUT2D eigenvalue weighted by molar-refractivity contribution is -0.138. The molecule has 0 aliphatic rings. The fraction of sp³-hybridized carbons (Fsp3) is 0.200. The van der Waals surface area contributed by atoms with Gasteiger partial charge in [-0.25, -0.2) is 9.78 Å². The van der Waals surface area contributed by atoms with Gasteiger partial charge < -0.3 is 5.11 Å². The highest BCUT2D eigenvalue weighted by atomic mass is 19.4. The molecule has 0 spiro atoms. The van der Waals surface area contributed by atoms with E-state index in [0.717, 1.165) is 24.2 Å². The Morgan fingerprint density at radius 2 is 1.95 bits per heavy atom. The minimum atomic E-state index is -4.76. The monoisotopic (exact) mass is 295 g/mol. The van der Waals surface area contributed by atoms with E-state index >= 15 is 0 Å². The van der Waals surface area contributed by atoms with E-state index in [-0.39, 0.29) is 5.56 Å². The third-order valence-electron chi connectivity index (χ3n) is 3.06. The lowest BCUT2D eigenvalue weighted by Gasteiger charge is -2.12. The number of carbonyl (C=O) groups is 1. The van der Waals surface area contributed by atoms with Gasteiger partial charge in [-0.2, -0.15) is 13.2 Å². The molecule has 21 heavy (non-hydrogen) atoms. The number of aromatic carboxylic acids is 1. The zero-order valence-electron chi connectivity index (χ0n) is 11.1. The van der Waals surface area contributed by atoms with Crippen LogP contribution in [0.5, 0.6) is 0 Å². The highest BCUT2D eigenvalue weighted by Gasteiger charge is 2.36. The second kappa shape index (κ2) is 5.55. The van der Waals surface area contributed by atoms with E-state index in [1.165, 1.54) is 0 Å². The number of nitrogens with zero attached hydrogens (tertiary/aromatic N) is 1. The number of hydrogen-bond donors (Lipinski definition) is 1. The molecule has 0 radical (unpaired) electrons. The number of hydrogen-bond acceptors (Lipinski definition) is 2. The van der Waals surface area contributed by atoms with Crippen molar-refractivity contribution in [2.75, 3.05) is 0 Å². The van der Waals surface area contributed by atoms with Gasteiger partial charge in [0.15, 0.2) is 5.69 Å². The second-order valence-electron chi connectivity index (χ2n) is 4.48. The van der Waals surface area contributed by atoms with Crippen molar-refractivity contribution < 1.29 is 23.1 Å². The predicted octanol–water partition coefficient (Wildman–Crippen LogP) is 4.03. The number of halogens is 3. The molecule has 2 aromatic rings. The molecular formula is C15H12F3NO2. The van der Waals surface area contributed by atoms with Gasteiger partial charge >= 0.3 is 12.1 Å². The van der Waals surface area contributed by atoms with Gasteiger partial charge in [-0.05, 0) is 23.6 Å². The number of aryl methyl sites for hydroxylation is 1. The van der Waals surface area contributed by atoms with Gasteiger partial charge in [0, 0.05) is 11.8 Å². The minimum Gasteiger partial charge on any atom is -0.476 e. The minimum absolute atomic E-state index is 0.239. The molecule has 0 saturated carbocycles. The molecule has 1 heterocycles. The van der Waals surface area contributed by atoms with Crippen molar-refractivity contribution >= 4 is 5.97 Å². The Morgan fingerprint density at radius 3 is 2.52 bits per heavy atom. The molecule has 1 N–H and O–H groups in total. The molecule has 3 nitrogen and oxygen atoms in total. The van der Waals surface area contributed by atoms with Gasteiger partial charge in [-0.1, -0.05) is 31.2 Å². The summed E-state index contributed by atoms with van der Waals surface area (Å²) in [4.78, 5) is 14.3. The normalized spacial score (nSPS) is 11.4. The van der Waals surface area contributed by atoms with E-state index in [2.05, 4.69) is 4.98 Å². The molecular weight excluding hydrogens is 283 g/mol. The molecule has 0 unspecified atom stereocenters. The van der Waals surface area contributed by atoms with Gasteiger partial charge in [0.1, 0.15) is 0 Å². The predicted molar refractivity (Wildman–Crippen MR) is 71.0 cm³/mol. The quantitative estimate of drug-likeness (QED) is 0.930. The Bertz CT molecular complexity index is 681. The highest BCUT2D eigenvalue weighted by molar-refractivity contribution is 5.88. The summed E-state index contributed by atoms with van der Waals surface area (Å²) in [6.07, 6.45) is -2.87. The first-order valence-electron chi connectivity index (χ1n) is 6.22. The second-order valence-corrected chi connectivity index (χ2v) is 4.48. The van der Waals surface area contributed by atoms with Crippen LogP contribution in [0.3, 0.4) is 0 Å². The van der Waals surface area contributed by atoms with E-state index in [0.29, 0.717) is 5.56 Å². The number of pyridine rings is 1. The number of aromatic nitrogens is 1. The highest BCUT2D eigenvalue weighted by Crippen LogP contribution is 2.34. The Morgan fingerprint density at radius 1 is 1.24 bits per heavy atom. The Labute approximate surface area is 119 Å². The van der Waals surface area contributed by atoms with Crippen molar-refractivity contribution in [1.82, 2.24) is 4.98 Å². The average Bonchev–Trinajstić information content (AvgIpc) is 2.45. The largest absolute Gasteiger partial charge is 0.476 e. The molecule has 0 aliphatic heterocycles. The van der Waals surface area contributed by atoms with E-state index in [1.54, 1.807) is 18.2 Å². The van der Waals surface area contributed by atoms with E-state index in [4.69, 9.17) is 5.11 Å². The molecule has 0 bridgehead atoms. The standard InChI is InChI=1S/C15H12F3NO2/c1-2-9-4-3-5-10(6-9)11-7-12(15(16,17)18)13(14(20)21)19-8-11/h3-8H,2H2,1H3,(H,20,21). The van der Waals surface area contributed by atoms with Crippen LogP contribution in [0.1, 0.15) is 28.5 Å². The molecule has 0 saturated heterocycles. The first-order valence-corrected chi connectivity index (χ1v) is 6.22. The molecule has 0 fully saturated rings. The molecule has 110 valence electrons. The first-order chi connectivity index (χ1) is 9.82. The summed E-state index contributed by atoms with van der Waals surface area (Å²) in [7, 11) is 0. The Balaban J connectivity index is 2.58. The van der Waals surface area contributed by atoms with Crippen LogP contribution in [0, 0.1) is 0 Å². The zero-order valence-corrected chi connectivity index (χ0v) is 11.1. The summed E-state index contributed by atoms with van der Waals surface area (Å²) in [5, 5.41) is 8.81. The molecule has 2 rings (SSSR count). The number of carboxylic acid groups (broad SMARTS) is 1. The Hall–Kier alpha value is -2.37. The maximum Gasteiger partial charge on any atom is 0.418 e. The first kappa shape index (κ1) is 15.0. The van der Waals surface area contributed by atoms with Crippen LogP contribution >= 0.6 is 0 Å². The summed E-state index contributed by atoms with van der Waals surface area (Å²) in [6.45, 7) is 1.94. The maximum atomic E-state index is 12.9. The number of alkyl halides is 3. The fourth-order valence-electron chi connectivity index (χ4n) is 1.98. The van der Waals surface area contributed by atoms with Gasteiger partial charge in [-0.15, -0.1) is 0 Å². The van der Waals surface area contributed by atoms with Gasteiger partial charge in [0.2, 0.25) is 0 Å². The van der Waals surface area contributed by atoms with Crippen molar-refractivity contribution in [3.8, 4) is 11.1 Å². The van der Waals surface area contributed by atoms with Crippen LogP contribution < -0.4 is 0 Å². The lowest BCUT2D eigenvalue weighted by atomic mass is 10.0. The van der Waals surface area contributed by atoms with E-state index in [9.17, 15) is 18.0 Å². The van der Waals surface area contributed by atoms with Crippen molar-refractivity contribution in [2.45, 2.75) is 19.5 Å².